The summed E-state index contributed by atoms with van der Waals surface area (Å²) in [5.41, 5.74) is 2.51. The highest BCUT2D eigenvalue weighted by Gasteiger charge is 2.20. The van der Waals surface area contributed by atoms with Crippen LogP contribution >= 0.6 is 0 Å². The lowest BCUT2D eigenvalue weighted by Gasteiger charge is -2.27. The van der Waals surface area contributed by atoms with E-state index in [2.05, 4.69) is 35.8 Å². The van der Waals surface area contributed by atoms with Gasteiger partial charge in [0.15, 0.2) is 5.65 Å². The molecule has 1 fully saturated rings. The predicted octanol–water partition coefficient (Wildman–Crippen LogP) is 1.32. The molecule has 168 valence electrons. The third-order valence-corrected chi connectivity index (χ3v) is 5.30. The number of carbonyl (C=O) groups is 1. The van der Waals surface area contributed by atoms with Crippen LogP contribution in [0.15, 0.2) is 18.5 Å². The molecule has 0 aromatic carbocycles. The first-order valence-electron chi connectivity index (χ1n) is 10.5. The maximum Gasteiger partial charge on any atom is 0.328 e. The van der Waals surface area contributed by atoms with Gasteiger partial charge in [0.1, 0.15) is 23.5 Å². The lowest BCUT2D eigenvalue weighted by atomic mass is 10.3. The fraction of sp³-hybridized carbons (Fsp3) is 0.450. The Morgan fingerprint density at radius 2 is 1.94 bits per heavy atom. The smallest absolute Gasteiger partial charge is 0.328 e. The first-order valence-corrected chi connectivity index (χ1v) is 10.5. The zero-order valence-electron chi connectivity index (χ0n) is 18.0. The average molecular weight is 439 g/mol. The second-order valence-corrected chi connectivity index (χ2v) is 7.73. The first kappa shape index (κ1) is 20.4. The van der Waals surface area contributed by atoms with E-state index in [-0.39, 0.29) is 12.1 Å². The van der Waals surface area contributed by atoms with Crippen LogP contribution in [0.4, 0.5) is 28.1 Å². The maximum atomic E-state index is 12.8. The van der Waals surface area contributed by atoms with Gasteiger partial charge in [-0.2, -0.15) is 4.98 Å². The molecular formula is C20H25N9O3. The Labute approximate surface area is 184 Å². The highest BCUT2D eigenvalue weighted by Crippen LogP contribution is 2.26. The van der Waals surface area contributed by atoms with E-state index in [1.165, 1.54) is 10.9 Å². The Kier molecular flexibility index (Phi) is 5.45. The minimum Gasteiger partial charge on any atom is -0.386 e. The number of hydrogen-bond acceptors (Lipinski definition) is 10. The number of nitrogens with zero attached hydrogens (tertiary/aromatic N) is 6. The molecule has 0 saturated carbocycles. The summed E-state index contributed by atoms with van der Waals surface area (Å²) >= 11 is 0. The topological polar surface area (TPSA) is 131 Å². The van der Waals surface area contributed by atoms with Crippen molar-refractivity contribution in [1.29, 1.82) is 0 Å². The molecule has 1 amide bonds. The minimum atomic E-state index is -0.322. The normalized spacial score (nSPS) is 19.4. The second-order valence-electron chi connectivity index (χ2n) is 7.73. The van der Waals surface area contributed by atoms with Crippen LogP contribution in [-0.4, -0.2) is 76.5 Å². The van der Waals surface area contributed by atoms with E-state index in [0.29, 0.717) is 55.2 Å². The van der Waals surface area contributed by atoms with Crippen molar-refractivity contribution >= 4 is 40.5 Å². The molecule has 1 saturated heterocycles. The molecule has 0 spiro atoms. The van der Waals surface area contributed by atoms with Gasteiger partial charge in [-0.05, 0) is 6.92 Å². The van der Waals surface area contributed by atoms with Gasteiger partial charge in [-0.25, -0.2) is 24.3 Å². The molecule has 3 N–H and O–H groups in total. The third-order valence-electron chi connectivity index (χ3n) is 5.30. The number of anilines is 4. The zero-order chi connectivity index (χ0) is 22.1. The molecule has 32 heavy (non-hydrogen) atoms. The molecule has 2 aliphatic heterocycles. The van der Waals surface area contributed by atoms with Gasteiger partial charge in [0.2, 0.25) is 5.95 Å². The van der Waals surface area contributed by atoms with Gasteiger partial charge >= 0.3 is 6.03 Å². The highest BCUT2D eigenvalue weighted by molar-refractivity contribution is 5.94. The largest absolute Gasteiger partial charge is 0.386 e. The fourth-order valence-corrected chi connectivity index (χ4v) is 3.71. The van der Waals surface area contributed by atoms with Crippen molar-refractivity contribution in [3.05, 3.63) is 24.2 Å². The Morgan fingerprint density at radius 3 is 2.75 bits per heavy atom. The number of fused-ring (bicyclic) bond motifs is 3. The van der Waals surface area contributed by atoms with Crippen LogP contribution in [0.1, 0.15) is 12.6 Å². The van der Waals surface area contributed by atoms with Crippen molar-refractivity contribution in [1.82, 2.24) is 29.8 Å². The monoisotopic (exact) mass is 439 g/mol. The van der Waals surface area contributed by atoms with Gasteiger partial charge in [0.05, 0.1) is 43.9 Å². The number of pyridine rings is 1. The number of imidazole rings is 1. The van der Waals surface area contributed by atoms with Gasteiger partial charge in [-0.3, -0.25) is 0 Å². The van der Waals surface area contributed by atoms with Crippen molar-refractivity contribution in [2.45, 2.75) is 19.6 Å². The van der Waals surface area contributed by atoms with Crippen LogP contribution < -0.4 is 20.9 Å². The van der Waals surface area contributed by atoms with Gasteiger partial charge in [-0.1, -0.05) is 0 Å². The Morgan fingerprint density at radius 1 is 1.12 bits per heavy atom. The molecule has 0 unspecified atom stereocenters. The number of rotatable bonds is 2. The number of amides is 1. The number of morpholine rings is 1. The number of nitrogens with one attached hydrogen (secondary N) is 3. The van der Waals surface area contributed by atoms with Crippen molar-refractivity contribution in [3.63, 3.8) is 0 Å². The van der Waals surface area contributed by atoms with E-state index in [1.807, 2.05) is 19.1 Å². The minimum absolute atomic E-state index is 0.215. The van der Waals surface area contributed by atoms with E-state index >= 15 is 0 Å². The summed E-state index contributed by atoms with van der Waals surface area (Å²) in [7, 11) is 1.80. The summed E-state index contributed by atoms with van der Waals surface area (Å²) in [5.74, 6) is 1.74. The molecule has 2 aliphatic rings. The first-order chi connectivity index (χ1) is 15.6. The number of carbonyl (C=O) groups excluding carboxylic acids is 1. The Bertz CT molecular complexity index is 1140. The lowest BCUT2D eigenvalue weighted by molar-refractivity contribution is 0.102. The molecule has 0 aliphatic carbocycles. The van der Waals surface area contributed by atoms with Gasteiger partial charge in [0.25, 0.3) is 0 Å². The quantitative estimate of drug-likeness (QED) is 0.537. The maximum absolute atomic E-state index is 12.8. The summed E-state index contributed by atoms with van der Waals surface area (Å²) in [4.78, 5) is 33.3. The van der Waals surface area contributed by atoms with Crippen LogP contribution in [0, 0.1) is 0 Å². The van der Waals surface area contributed by atoms with Crippen LogP contribution in [0.25, 0.3) is 11.2 Å². The fourth-order valence-electron chi connectivity index (χ4n) is 3.71. The SMILES string of the molecule is CNc1cc2nc3c1ncn3C(=O)N[C@H](C)COCc1cc(nc(N3CCOCC3)n1)N2. The molecule has 5 rings (SSSR count). The van der Waals surface area contributed by atoms with Crippen molar-refractivity contribution < 1.29 is 14.3 Å². The van der Waals surface area contributed by atoms with E-state index in [4.69, 9.17) is 14.5 Å². The number of hydrogen-bond donors (Lipinski definition) is 3. The van der Waals surface area contributed by atoms with E-state index in [0.717, 1.165) is 24.5 Å². The van der Waals surface area contributed by atoms with E-state index in [9.17, 15) is 4.79 Å². The molecule has 1 atom stereocenters. The zero-order valence-corrected chi connectivity index (χ0v) is 18.0. The molecule has 5 heterocycles. The van der Waals surface area contributed by atoms with Crippen molar-refractivity contribution in [2.75, 3.05) is 55.5 Å². The average Bonchev–Trinajstić information content (AvgIpc) is 3.22. The Balaban J connectivity index is 1.60. The summed E-state index contributed by atoms with van der Waals surface area (Å²) in [5, 5.41) is 9.30. The molecular weight excluding hydrogens is 414 g/mol. The van der Waals surface area contributed by atoms with Gasteiger partial charge in [-0.15, -0.1) is 0 Å². The van der Waals surface area contributed by atoms with Crippen LogP contribution in [0.3, 0.4) is 0 Å². The van der Waals surface area contributed by atoms with Crippen LogP contribution in [0.2, 0.25) is 0 Å². The van der Waals surface area contributed by atoms with Gasteiger partial charge in [0, 0.05) is 32.3 Å². The summed E-state index contributed by atoms with van der Waals surface area (Å²) in [6.45, 7) is 5.22. The number of aromatic nitrogens is 5. The van der Waals surface area contributed by atoms with Crippen LogP contribution in [0.5, 0.6) is 0 Å². The summed E-state index contributed by atoms with van der Waals surface area (Å²) in [6, 6.07) is 3.14. The van der Waals surface area contributed by atoms with E-state index < -0.39 is 0 Å². The summed E-state index contributed by atoms with van der Waals surface area (Å²) < 4.78 is 12.7. The third kappa shape index (κ3) is 4.01. The summed E-state index contributed by atoms with van der Waals surface area (Å²) in [6.07, 6.45) is 1.47. The standard InChI is InChI=1S/C20H25N9O3/c1-12-9-32-10-13-7-15(27-19(24-13)28-3-5-31-6-4-28)25-16-8-14(21-2)17-18(26-16)29(11-22-17)20(30)23-12/h7-8,11-12H,3-6,9-10H2,1-2H3,(H,23,30)(H2,21,24,25,26,27)/t12-/m1/s1. The molecule has 12 heteroatoms. The molecule has 3 aromatic rings. The lowest BCUT2D eigenvalue weighted by Crippen LogP contribution is -2.38. The molecule has 4 bridgehead atoms. The van der Waals surface area contributed by atoms with E-state index in [1.54, 1.807) is 7.05 Å². The molecule has 3 aromatic heterocycles. The predicted molar refractivity (Wildman–Crippen MR) is 118 cm³/mol. The van der Waals surface area contributed by atoms with Crippen molar-refractivity contribution in [2.24, 2.45) is 0 Å². The van der Waals surface area contributed by atoms with Gasteiger partial charge < -0.3 is 30.3 Å². The Hall–Kier alpha value is -3.51. The molecule has 12 nitrogen and oxygen atoms in total. The number of ether oxygens (including phenoxy) is 2. The molecule has 0 radical (unpaired) electrons. The van der Waals surface area contributed by atoms with Crippen LogP contribution in [-0.2, 0) is 16.1 Å². The second kappa shape index (κ2) is 8.55. The van der Waals surface area contributed by atoms with Crippen molar-refractivity contribution in [3.8, 4) is 0 Å². The highest BCUT2D eigenvalue weighted by atomic mass is 16.5.